The molecular weight excluding hydrogens is 307 g/mol. The highest BCUT2D eigenvalue weighted by Gasteiger charge is 2.26. The van der Waals surface area contributed by atoms with E-state index in [0.29, 0.717) is 19.5 Å². The molecule has 0 saturated carbocycles. The Labute approximate surface area is 143 Å². The summed E-state index contributed by atoms with van der Waals surface area (Å²) in [6, 6.07) is 4.78. The minimum absolute atomic E-state index is 0.0642. The molecule has 24 heavy (non-hydrogen) atoms. The van der Waals surface area contributed by atoms with Gasteiger partial charge in [0.1, 0.15) is 5.82 Å². The van der Waals surface area contributed by atoms with Gasteiger partial charge in [-0.05, 0) is 49.8 Å². The fraction of sp³-hybridized carbons (Fsp3) is 0.579. The van der Waals surface area contributed by atoms with Crippen LogP contribution in [0.25, 0.3) is 0 Å². The van der Waals surface area contributed by atoms with Crippen LogP contribution in [-0.2, 0) is 9.59 Å². The Morgan fingerprint density at radius 3 is 2.58 bits per heavy atom. The summed E-state index contributed by atoms with van der Waals surface area (Å²) in [4.78, 5) is 26.2. The molecule has 1 aromatic rings. The molecule has 132 valence electrons. The first-order valence-electron chi connectivity index (χ1n) is 8.75. The van der Waals surface area contributed by atoms with E-state index in [-0.39, 0.29) is 29.3 Å². The number of aryl methyl sites for hydroxylation is 1. The van der Waals surface area contributed by atoms with Crippen molar-refractivity contribution >= 4 is 17.5 Å². The molecule has 2 amide bonds. The molecular formula is C19H27FN2O2. The summed E-state index contributed by atoms with van der Waals surface area (Å²) in [5.41, 5.74) is 1.05. The van der Waals surface area contributed by atoms with Crippen molar-refractivity contribution in [3.8, 4) is 0 Å². The lowest BCUT2D eigenvalue weighted by atomic mass is 9.92. The van der Waals surface area contributed by atoms with E-state index in [0.717, 1.165) is 24.8 Å². The predicted molar refractivity (Wildman–Crippen MR) is 93.1 cm³/mol. The van der Waals surface area contributed by atoms with E-state index >= 15 is 0 Å². The number of anilines is 1. The third-order valence-electron chi connectivity index (χ3n) is 4.83. The lowest BCUT2D eigenvalue weighted by Crippen LogP contribution is -2.41. The third kappa shape index (κ3) is 4.79. The van der Waals surface area contributed by atoms with Crippen LogP contribution in [0.5, 0.6) is 0 Å². The number of benzene rings is 1. The molecule has 1 N–H and O–H groups in total. The molecule has 0 radical (unpaired) electrons. The lowest BCUT2D eigenvalue weighted by Gasteiger charge is -2.33. The van der Waals surface area contributed by atoms with Gasteiger partial charge in [0.05, 0.1) is 5.69 Å². The molecule has 1 aliphatic heterocycles. The van der Waals surface area contributed by atoms with E-state index in [1.54, 1.807) is 12.1 Å². The SMILES string of the molecule is CC[C@H](C)C(=O)N1CCC(CC(=O)Nc2ccc(C)cc2F)CC1. The van der Waals surface area contributed by atoms with Crippen molar-refractivity contribution in [3.05, 3.63) is 29.6 Å². The summed E-state index contributed by atoms with van der Waals surface area (Å²) < 4.78 is 13.8. The molecule has 0 spiro atoms. The van der Waals surface area contributed by atoms with Crippen LogP contribution in [0.2, 0.25) is 0 Å². The molecule has 0 aromatic heterocycles. The van der Waals surface area contributed by atoms with Gasteiger partial charge >= 0.3 is 0 Å². The normalized spacial score (nSPS) is 16.8. The molecule has 4 nitrogen and oxygen atoms in total. The zero-order chi connectivity index (χ0) is 17.7. The Morgan fingerprint density at radius 2 is 2.00 bits per heavy atom. The molecule has 0 unspecified atom stereocenters. The van der Waals surface area contributed by atoms with Crippen molar-refractivity contribution < 1.29 is 14.0 Å². The zero-order valence-electron chi connectivity index (χ0n) is 14.8. The summed E-state index contributed by atoms with van der Waals surface area (Å²) >= 11 is 0. The van der Waals surface area contributed by atoms with Crippen LogP contribution in [0.4, 0.5) is 10.1 Å². The molecule has 5 heteroatoms. The van der Waals surface area contributed by atoms with Gasteiger partial charge in [-0.1, -0.05) is 19.9 Å². The number of carbonyl (C=O) groups excluding carboxylic acids is 2. The van der Waals surface area contributed by atoms with E-state index in [1.165, 1.54) is 6.07 Å². The molecule has 1 aliphatic rings. The largest absolute Gasteiger partial charge is 0.342 e. The smallest absolute Gasteiger partial charge is 0.225 e. The Morgan fingerprint density at radius 1 is 1.33 bits per heavy atom. The number of piperidine rings is 1. The number of nitrogens with zero attached hydrogens (tertiary/aromatic N) is 1. The molecule has 0 bridgehead atoms. The topological polar surface area (TPSA) is 49.4 Å². The quantitative estimate of drug-likeness (QED) is 0.891. The Hall–Kier alpha value is -1.91. The summed E-state index contributed by atoms with van der Waals surface area (Å²) in [5.74, 6) is -0.0437. The number of halogens is 1. The second kappa shape index (κ2) is 8.27. The van der Waals surface area contributed by atoms with Crippen molar-refractivity contribution in [2.45, 2.75) is 46.5 Å². The van der Waals surface area contributed by atoms with E-state index in [2.05, 4.69) is 5.32 Å². The Kier molecular flexibility index (Phi) is 6.35. The van der Waals surface area contributed by atoms with Gasteiger partial charge in [0, 0.05) is 25.4 Å². The minimum Gasteiger partial charge on any atom is -0.342 e. The van der Waals surface area contributed by atoms with Crippen molar-refractivity contribution in [2.24, 2.45) is 11.8 Å². The minimum atomic E-state index is -0.405. The van der Waals surface area contributed by atoms with Gasteiger partial charge in [-0.2, -0.15) is 0 Å². The van der Waals surface area contributed by atoms with Gasteiger partial charge in [-0.3, -0.25) is 9.59 Å². The third-order valence-corrected chi connectivity index (χ3v) is 4.83. The van der Waals surface area contributed by atoms with Crippen LogP contribution in [0.15, 0.2) is 18.2 Å². The number of nitrogens with one attached hydrogen (secondary N) is 1. The van der Waals surface area contributed by atoms with E-state index in [4.69, 9.17) is 0 Å². The van der Waals surface area contributed by atoms with Crippen LogP contribution in [0.1, 0.15) is 45.1 Å². The average Bonchev–Trinajstić information content (AvgIpc) is 2.56. The first-order valence-corrected chi connectivity index (χ1v) is 8.75. The van der Waals surface area contributed by atoms with E-state index in [9.17, 15) is 14.0 Å². The fourth-order valence-electron chi connectivity index (χ4n) is 3.03. The molecule has 1 aromatic carbocycles. The number of hydrogen-bond donors (Lipinski definition) is 1. The molecule has 1 atom stereocenters. The first-order chi connectivity index (χ1) is 11.4. The van der Waals surface area contributed by atoms with Crippen LogP contribution in [-0.4, -0.2) is 29.8 Å². The van der Waals surface area contributed by atoms with E-state index in [1.807, 2.05) is 25.7 Å². The average molecular weight is 334 g/mol. The summed E-state index contributed by atoms with van der Waals surface area (Å²) in [6.07, 6.45) is 2.87. The predicted octanol–water partition coefficient (Wildman–Crippen LogP) is 3.75. The standard InChI is InChI=1S/C19H27FN2O2/c1-4-14(3)19(24)22-9-7-15(8-10-22)12-18(23)21-17-6-5-13(2)11-16(17)20/h5-6,11,14-15H,4,7-10,12H2,1-3H3,(H,21,23)/t14-/m0/s1. The molecule has 0 aliphatic carbocycles. The summed E-state index contributed by atoms with van der Waals surface area (Å²) in [6.45, 7) is 7.20. The number of likely N-dealkylation sites (tertiary alicyclic amines) is 1. The van der Waals surface area contributed by atoms with Gasteiger partial charge in [-0.15, -0.1) is 0 Å². The van der Waals surface area contributed by atoms with Crippen LogP contribution < -0.4 is 5.32 Å². The van der Waals surface area contributed by atoms with Gasteiger partial charge in [-0.25, -0.2) is 4.39 Å². The van der Waals surface area contributed by atoms with Crippen molar-refractivity contribution in [3.63, 3.8) is 0 Å². The Bertz CT molecular complexity index is 595. The maximum Gasteiger partial charge on any atom is 0.225 e. The number of hydrogen-bond acceptors (Lipinski definition) is 2. The molecule has 2 rings (SSSR count). The second-order valence-electron chi connectivity index (χ2n) is 6.81. The van der Waals surface area contributed by atoms with Crippen molar-refractivity contribution in [1.82, 2.24) is 4.90 Å². The van der Waals surface area contributed by atoms with Crippen molar-refractivity contribution in [1.29, 1.82) is 0 Å². The van der Waals surface area contributed by atoms with Crippen molar-refractivity contribution in [2.75, 3.05) is 18.4 Å². The second-order valence-corrected chi connectivity index (χ2v) is 6.81. The van der Waals surface area contributed by atoms with Gasteiger partial charge in [0.15, 0.2) is 0 Å². The van der Waals surface area contributed by atoms with Gasteiger partial charge in [0.2, 0.25) is 11.8 Å². The van der Waals surface area contributed by atoms with Gasteiger partial charge < -0.3 is 10.2 Å². The van der Waals surface area contributed by atoms with Gasteiger partial charge in [0.25, 0.3) is 0 Å². The molecule has 1 saturated heterocycles. The number of amides is 2. The highest BCUT2D eigenvalue weighted by atomic mass is 19.1. The highest BCUT2D eigenvalue weighted by molar-refractivity contribution is 5.91. The summed E-state index contributed by atoms with van der Waals surface area (Å²) in [7, 11) is 0. The van der Waals surface area contributed by atoms with E-state index < -0.39 is 5.82 Å². The highest BCUT2D eigenvalue weighted by Crippen LogP contribution is 2.23. The molecule has 1 heterocycles. The summed E-state index contributed by atoms with van der Waals surface area (Å²) in [5, 5.41) is 2.65. The Balaban J connectivity index is 1.81. The lowest BCUT2D eigenvalue weighted by molar-refractivity contribution is -0.136. The number of rotatable bonds is 5. The maximum absolute atomic E-state index is 13.8. The van der Waals surface area contributed by atoms with Crippen LogP contribution in [0, 0.1) is 24.6 Å². The number of carbonyl (C=O) groups is 2. The monoisotopic (exact) mass is 334 g/mol. The van der Waals surface area contributed by atoms with Crippen LogP contribution >= 0.6 is 0 Å². The fourth-order valence-corrected chi connectivity index (χ4v) is 3.03. The zero-order valence-corrected chi connectivity index (χ0v) is 14.8. The maximum atomic E-state index is 13.8. The van der Waals surface area contributed by atoms with Crippen LogP contribution in [0.3, 0.4) is 0 Å². The molecule has 1 fully saturated rings. The first kappa shape index (κ1) is 18.4.